The molecule has 0 bridgehead atoms. The zero-order valence-electron chi connectivity index (χ0n) is 14.8. The molecule has 0 spiro atoms. The Kier molecular flexibility index (Phi) is 5.07. The first-order valence-electron chi connectivity index (χ1n) is 8.93. The molecule has 1 aromatic carbocycles. The number of nitrogens with zero attached hydrogens (tertiary/aromatic N) is 5. The van der Waals surface area contributed by atoms with E-state index in [4.69, 9.17) is 11.6 Å². The van der Waals surface area contributed by atoms with Gasteiger partial charge in [0.05, 0.1) is 6.42 Å². The van der Waals surface area contributed by atoms with Crippen LogP contribution in [0.1, 0.15) is 5.56 Å². The Balaban J connectivity index is 1.33. The smallest absolute Gasteiger partial charge is 0.227 e. The molecule has 0 radical (unpaired) electrons. The number of hydrogen-bond acceptors (Lipinski definition) is 4. The van der Waals surface area contributed by atoms with Crippen LogP contribution in [0.2, 0.25) is 5.02 Å². The van der Waals surface area contributed by atoms with E-state index in [0.29, 0.717) is 24.5 Å². The van der Waals surface area contributed by atoms with Crippen molar-refractivity contribution in [2.24, 2.45) is 0 Å². The molecule has 1 saturated heterocycles. The first kappa shape index (κ1) is 17.5. The van der Waals surface area contributed by atoms with E-state index in [1.807, 2.05) is 70.4 Å². The van der Waals surface area contributed by atoms with E-state index in [-0.39, 0.29) is 5.91 Å². The summed E-state index contributed by atoms with van der Waals surface area (Å²) < 4.78 is 1.92. The van der Waals surface area contributed by atoms with Crippen molar-refractivity contribution in [1.29, 1.82) is 0 Å². The number of rotatable bonds is 4. The molecule has 1 aliphatic rings. The minimum atomic E-state index is 0.144. The van der Waals surface area contributed by atoms with Crippen LogP contribution in [-0.2, 0) is 11.2 Å². The predicted octanol–water partition coefficient (Wildman–Crippen LogP) is 2.81. The Morgan fingerprint density at radius 2 is 1.52 bits per heavy atom. The van der Waals surface area contributed by atoms with Gasteiger partial charge in [0, 0.05) is 43.6 Å². The third kappa shape index (κ3) is 4.11. The van der Waals surface area contributed by atoms with Gasteiger partial charge in [-0.1, -0.05) is 23.7 Å². The molecule has 2 aromatic heterocycles. The maximum atomic E-state index is 12.5. The van der Waals surface area contributed by atoms with Crippen LogP contribution >= 0.6 is 11.6 Å². The van der Waals surface area contributed by atoms with E-state index < -0.39 is 0 Å². The van der Waals surface area contributed by atoms with E-state index in [9.17, 15) is 4.79 Å². The highest BCUT2D eigenvalue weighted by atomic mass is 35.5. The summed E-state index contributed by atoms with van der Waals surface area (Å²) in [6.07, 6.45) is 4.28. The van der Waals surface area contributed by atoms with E-state index in [1.54, 1.807) is 0 Å². The Hall–Kier alpha value is -2.86. The van der Waals surface area contributed by atoms with Gasteiger partial charge in [0.2, 0.25) is 5.91 Å². The van der Waals surface area contributed by atoms with E-state index in [0.717, 1.165) is 30.3 Å². The molecule has 3 aromatic rings. The first-order valence-corrected chi connectivity index (χ1v) is 9.31. The number of benzene rings is 1. The SMILES string of the molecule is O=C(Cc1ccc(Cl)cc1)N1CCN(c2ccc(-n3cccc3)nn2)CC1. The van der Waals surface area contributed by atoms with E-state index in [1.165, 1.54) is 0 Å². The molecule has 3 heterocycles. The number of carbonyl (C=O) groups excluding carboxylic acids is 1. The van der Waals surface area contributed by atoms with Crippen LogP contribution in [-0.4, -0.2) is 51.8 Å². The molecular weight excluding hydrogens is 362 g/mol. The maximum Gasteiger partial charge on any atom is 0.227 e. The number of amides is 1. The third-order valence-corrected chi connectivity index (χ3v) is 4.98. The van der Waals surface area contributed by atoms with Crippen molar-refractivity contribution < 1.29 is 4.79 Å². The van der Waals surface area contributed by atoms with Gasteiger partial charge in [0.1, 0.15) is 0 Å². The van der Waals surface area contributed by atoms with Crippen molar-refractivity contribution in [1.82, 2.24) is 19.7 Å². The Bertz CT molecular complexity index is 885. The first-order chi connectivity index (χ1) is 13.2. The number of piperazine rings is 1. The van der Waals surface area contributed by atoms with Crippen LogP contribution in [0.5, 0.6) is 0 Å². The molecule has 0 N–H and O–H groups in total. The second-order valence-electron chi connectivity index (χ2n) is 6.51. The molecule has 0 aliphatic carbocycles. The Morgan fingerprint density at radius 1 is 0.889 bits per heavy atom. The molecular formula is C20H20ClN5O. The fraction of sp³-hybridized carbons (Fsp3) is 0.250. The summed E-state index contributed by atoms with van der Waals surface area (Å²) in [6.45, 7) is 2.88. The van der Waals surface area contributed by atoms with Gasteiger partial charge >= 0.3 is 0 Å². The molecule has 1 amide bonds. The van der Waals surface area contributed by atoms with Crippen LogP contribution in [0.25, 0.3) is 5.82 Å². The number of anilines is 1. The van der Waals surface area contributed by atoms with Crippen LogP contribution in [0.3, 0.4) is 0 Å². The lowest BCUT2D eigenvalue weighted by Gasteiger charge is -2.35. The van der Waals surface area contributed by atoms with Crippen LogP contribution in [0.4, 0.5) is 5.82 Å². The van der Waals surface area contributed by atoms with Gasteiger partial charge in [-0.15, -0.1) is 10.2 Å². The van der Waals surface area contributed by atoms with Gasteiger partial charge in [0.25, 0.3) is 0 Å². The number of hydrogen-bond donors (Lipinski definition) is 0. The van der Waals surface area contributed by atoms with Gasteiger partial charge in [-0.3, -0.25) is 4.79 Å². The summed E-state index contributed by atoms with van der Waals surface area (Å²) in [6, 6.07) is 15.3. The van der Waals surface area contributed by atoms with Crippen LogP contribution in [0, 0.1) is 0 Å². The Labute approximate surface area is 163 Å². The van der Waals surface area contributed by atoms with Crippen molar-refractivity contribution in [2.45, 2.75) is 6.42 Å². The van der Waals surface area contributed by atoms with Crippen molar-refractivity contribution in [3.63, 3.8) is 0 Å². The summed E-state index contributed by atoms with van der Waals surface area (Å²) in [7, 11) is 0. The minimum absolute atomic E-state index is 0.144. The molecule has 6 nitrogen and oxygen atoms in total. The van der Waals surface area contributed by atoms with E-state index in [2.05, 4.69) is 15.1 Å². The lowest BCUT2D eigenvalue weighted by molar-refractivity contribution is -0.130. The lowest BCUT2D eigenvalue weighted by atomic mass is 10.1. The van der Waals surface area contributed by atoms with Crippen LogP contribution in [0.15, 0.2) is 60.9 Å². The molecule has 0 saturated carbocycles. The van der Waals surface area contributed by atoms with Gasteiger partial charge < -0.3 is 14.4 Å². The third-order valence-electron chi connectivity index (χ3n) is 4.73. The molecule has 7 heteroatoms. The van der Waals surface area contributed by atoms with Crippen molar-refractivity contribution >= 4 is 23.3 Å². The summed E-state index contributed by atoms with van der Waals surface area (Å²) >= 11 is 5.90. The Morgan fingerprint density at radius 3 is 2.15 bits per heavy atom. The van der Waals surface area contributed by atoms with E-state index >= 15 is 0 Å². The minimum Gasteiger partial charge on any atom is -0.352 e. The fourth-order valence-corrected chi connectivity index (χ4v) is 3.31. The van der Waals surface area contributed by atoms with Gasteiger partial charge in [-0.2, -0.15) is 0 Å². The largest absolute Gasteiger partial charge is 0.352 e. The highest BCUT2D eigenvalue weighted by Gasteiger charge is 2.22. The number of halogens is 1. The molecule has 1 fully saturated rings. The quantitative estimate of drug-likeness (QED) is 0.697. The van der Waals surface area contributed by atoms with Crippen molar-refractivity contribution in [3.05, 3.63) is 71.5 Å². The second-order valence-corrected chi connectivity index (χ2v) is 6.95. The average molecular weight is 382 g/mol. The molecule has 4 rings (SSSR count). The normalized spacial score (nSPS) is 14.4. The van der Waals surface area contributed by atoms with Crippen molar-refractivity contribution in [2.75, 3.05) is 31.1 Å². The molecule has 27 heavy (non-hydrogen) atoms. The summed E-state index contributed by atoms with van der Waals surface area (Å²) in [5, 5.41) is 9.32. The fourth-order valence-electron chi connectivity index (χ4n) is 3.19. The van der Waals surface area contributed by atoms with Gasteiger partial charge in [-0.25, -0.2) is 0 Å². The predicted molar refractivity (Wildman–Crippen MR) is 105 cm³/mol. The standard InChI is InChI=1S/C20H20ClN5O/c21-17-5-3-16(4-6-17)15-20(27)26-13-11-25(12-14-26)19-8-7-18(22-23-19)24-9-1-2-10-24/h1-10H,11-15H2. The number of aromatic nitrogens is 3. The zero-order valence-corrected chi connectivity index (χ0v) is 15.6. The number of carbonyl (C=O) groups is 1. The second kappa shape index (κ2) is 7.80. The van der Waals surface area contributed by atoms with Gasteiger partial charge in [-0.05, 0) is 42.0 Å². The zero-order chi connectivity index (χ0) is 18.6. The maximum absolute atomic E-state index is 12.5. The molecule has 138 valence electrons. The van der Waals surface area contributed by atoms with Crippen molar-refractivity contribution in [3.8, 4) is 5.82 Å². The lowest BCUT2D eigenvalue weighted by Crippen LogP contribution is -2.49. The highest BCUT2D eigenvalue weighted by molar-refractivity contribution is 6.30. The van der Waals surface area contributed by atoms with Crippen LogP contribution < -0.4 is 4.90 Å². The topological polar surface area (TPSA) is 54.3 Å². The summed E-state index contributed by atoms with van der Waals surface area (Å²) in [5.41, 5.74) is 0.985. The summed E-state index contributed by atoms with van der Waals surface area (Å²) in [4.78, 5) is 16.6. The molecule has 0 atom stereocenters. The molecule has 1 aliphatic heterocycles. The summed E-state index contributed by atoms with van der Waals surface area (Å²) in [5.74, 6) is 1.78. The molecule has 0 unspecified atom stereocenters. The highest BCUT2D eigenvalue weighted by Crippen LogP contribution is 2.16. The average Bonchev–Trinajstić information content (AvgIpc) is 3.25. The monoisotopic (exact) mass is 381 g/mol. The van der Waals surface area contributed by atoms with Gasteiger partial charge in [0.15, 0.2) is 11.6 Å².